The average Bonchev–Trinajstić information content (AvgIpc) is 3.15. The molecule has 1 heterocycles. The molecule has 1 aromatic rings. The summed E-state index contributed by atoms with van der Waals surface area (Å²) in [6.07, 6.45) is 5.47. The van der Waals surface area contributed by atoms with E-state index >= 15 is 0 Å². The number of aliphatic imine (C=N–C) groups is 1. The van der Waals surface area contributed by atoms with E-state index in [1.807, 2.05) is 7.05 Å². The molecular weight excluding hydrogens is 368 g/mol. The number of thioether (sulfide) groups is 1. The van der Waals surface area contributed by atoms with Crippen molar-refractivity contribution in [1.29, 1.82) is 0 Å². The maximum absolute atomic E-state index is 9.63. The van der Waals surface area contributed by atoms with Crippen LogP contribution in [-0.4, -0.2) is 59.3 Å². The molecule has 2 fully saturated rings. The molecule has 6 heteroatoms. The molecule has 2 unspecified atom stereocenters. The fourth-order valence-corrected chi connectivity index (χ4v) is 5.27. The summed E-state index contributed by atoms with van der Waals surface area (Å²) < 4.78 is 0. The number of piperidine rings is 1. The molecule has 156 valence electrons. The molecule has 2 aliphatic rings. The normalized spacial score (nSPS) is 24.5. The fraction of sp³-hybridized carbons (Fsp3) is 0.682. The van der Waals surface area contributed by atoms with Gasteiger partial charge in [-0.1, -0.05) is 31.2 Å². The van der Waals surface area contributed by atoms with Gasteiger partial charge in [-0.2, -0.15) is 11.8 Å². The van der Waals surface area contributed by atoms with Crippen molar-refractivity contribution in [3.05, 3.63) is 35.4 Å². The summed E-state index contributed by atoms with van der Waals surface area (Å²) in [4.78, 5) is 6.83. The molecule has 1 aliphatic carbocycles. The third-order valence-corrected chi connectivity index (χ3v) is 7.03. The van der Waals surface area contributed by atoms with Crippen molar-refractivity contribution < 1.29 is 5.11 Å². The lowest BCUT2D eigenvalue weighted by molar-refractivity contribution is 0.0792. The van der Waals surface area contributed by atoms with Crippen LogP contribution >= 0.6 is 11.8 Å². The molecule has 0 spiro atoms. The van der Waals surface area contributed by atoms with Gasteiger partial charge in [0.1, 0.15) is 0 Å². The zero-order valence-corrected chi connectivity index (χ0v) is 18.2. The number of aliphatic hydroxyl groups is 1. The van der Waals surface area contributed by atoms with Crippen LogP contribution in [-0.2, 0) is 13.1 Å². The number of likely N-dealkylation sites (tertiary alicyclic amines) is 1. The number of rotatable bonds is 7. The molecule has 3 N–H and O–H groups in total. The smallest absolute Gasteiger partial charge is 0.191 e. The molecule has 1 aliphatic heterocycles. The van der Waals surface area contributed by atoms with Crippen LogP contribution in [0.5, 0.6) is 0 Å². The number of hydrogen-bond acceptors (Lipinski definition) is 4. The number of benzene rings is 1. The first-order valence-corrected chi connectivity index (χ1v) is 11.8. The summed E-state index contributed by atoms with van der Waals surface area (Å²) in [7, 11) is 1.85. The minimum Gasteiger partial charge on any atom is -0.393 e. The first kappa shape index (κ1) is 21.5. The van der Waals surface area contributed by atoms with Crippen LogP contribution < -0.4 is 10.6 Å². The van der Waals surface area contributed by atoms with Gasteiger partial charge in [0.15, 0.2) is 5.96 Å². The lowest BCUT2D eigenvalue weighted by Gasteiger charge is -2.29. The summed E-state index contributed by atoms with van der Waals surface area (Å²) in [5.74, 6) is 2.11. The second-order valence-electron chi connectivity index (χ2n) is 7.98. The summed E-state index contributed by atoms with van der Waals surface area (Å²) in [5.41, 5.74) is 2.61. The Kier molecular flexibility index (Phi) is 8.49. The maximum atomic E-state index is 9.63. The molecular formula is C22H36N4OS. The topological polar surface area (TPSA) is 59.9 Å². The first-order chi connectivity index (χ1) is 13.7. The van der Waals surface area contributed by atoms with E-state index in [4.69, 9.17) is 0 Å². The largest absolute Gasteiger partial charge is 0.393 e. The lowest BCUT2D eigenvalue weighted by Crippen LogP contribution is -2.42. The fourth-order valence-electron chi connectivity index (χ4n) is 4.13. The molecule has 0 aromatic heterocycles. The van der Waals surface area contributed by atoms with Gasteiger partial charge in [0.25, 0.3) is 0 Å². The van der Waals surface area contributed by atoms with E-state index in [9.17, 15) is 5.11 Å². The van der Waals surface area contributed by atoms with Crippen molar-refractivity contribution in [3.63, 3.8) is 0 Å². The summed E-state index contributed by atoms with van der Waals surface area (Å²) >= 11 is 2.09. The molecule has 1 aromatic carbocycles. The molecule has 0 radical (unpaired) electrons. The number of guanidine groups is 1. The van der Waals surface area contributed by atoms with Crippen LogP contribution in [0, 0.1) is 0 Å². The predicted molar refractivity (Wildman–Crippen MR) is 120 cm³/mol. The minimum atomic E-state index is -0.103. The van der Waals surface area contributed by atoms with Gasteiger partial charge in [0.05, 0.1) is 6.10 Å². The highest BCUT2D eigenvalue weighted by molar-refractivity contribution is 7.99. The molecule has 28 heavy (non-hydrogen) atoms. The summed E-state index contributed by atoms with van der Waals surface area (Å²) in [5, 5.41) is 17.5. The van der Waals surface area contributed by atoms with Crippen molar-refractivity contribution in [3.8, 4) is 0 Å². The Morgan fingerprint density at radius 1 is 1.14 bits per heavy atom. The molecule has 1 saturated carbocycles. The predicted octanol–water partition coefficient (Wildman–Crippen LogP) is 2.98. The third-order valence-electron chi connectivity index (χ3n) is 5.80. The Morgan fingerprint density at radius 2 is 1.86 bits per heavy atom. The quantitative estimate of drug-likeness (QED) is 0.482. The number of nitrogens with zero attached hydrogens (tertiary/aromatic N) is 2. The SMILES string of the molecule is CCSC1CCC(NC(=NC)NCc2ccc(CN3CCC(O)CC3)cc2)C1. The van der Waals surface area contributed by atoms with E-state index in [2.05, 4.69) is 63.5 Å². The van der Waals surface area contributed by atoms with E-state index < -0.39 is 0 Å². The van der Waals surface area contributed by atoms with Crippen LogP contribution in [0.3, 0.4) is 0 Å². The van der Waals surface area contributed by atoms with E-state index in [1.54, 1.807) is 0 Å². The monoisotopic (exact) mass is 404 g/mol. The van der Waals surface area contributed by atoms with Gasteiger partial charge in [-0.05, 0) is 49.0 Å². The van der Waals surface area contributed by atoms with Gasteiger partial charge in [0.2, 0.25) is 0 Å². The minimum absolute atomic E-state index is 0.103. The zero-order chi connectivity index (χ0) is 19.8. The van der Waals surface area contributed by atoms with Crippen LogP contribution in [0.25, 0.3) is 0 Å². The van der Waals surface area contributed by atoms with Gasteiger partial charge in [-0.3, -0.25) is 9.89 Å². The molecule has 3 rings (SSSR count). The standard InChI is InChI=1S/C22H36N4OS/c1-3-28-21-9-8-19(14-21)25-22(23-2)24-15-17-4-6-18(7-5-17)16-26-12-10-20(27)11-13-26/h4-7,19-21,27H,3,8-16H2,1-2H3,(H2,23,24,25). The van der Waals surface area contributed by atoms with Gasteiger partial charge >= 0.3 is 0 Å². The van der Waals surface area contributed by atoms with Crippen molar-refractivity contribution in [2.24, 2.45) is 4.99 Å². The van der Waals surface area contributed by atoms with Gasteiger partial charge in [-0.25, -0.2) is 0 Å². The average molecular weight is 405 g/mol. The van der Waals surface area contributed by atoms with Crippen molar-refractivity contribution in [1.82, 2.24) is 15.5 Å². The number of hydrogen-bond donors (Lipinski definition) is 3. The van der Waals surface area contributed by atoms with Crippen molar-refractivity contribution >= 4 is 17.7 Å². The van der Waals surface area contributed by atoms with Crippen LogP contribution in [0.1, 0.15) is 50.2 Å². The zero-order valence-electron chi connectivity index (χ0n) is 17.4. The van der Waals surface area contributed by atoms with E-state index in [1.165, 1.54) is 36.1 Å². The van der Waals surface area contributed by atoms with Crippen molar-refractivity contribution in [2.75, 3.05) is 25.9 Å². The number of nitrogens with one attached hydrogen (secondary N) is 2. The molecule has 5 nitrogen and oxygen atoms in total. The first-order valence-electron chi connectivity index (χ1n) is 10.7. The summed E-state index contributed by atoms with van der Waals surface area (Å²) in [6.45, 7) is 5.99. The van der Waals surface area contributed by atoms with Crippen LogP contribution in [0.4, 0.5) is 0 Å². The van der Waals surface area contributed by atoms with Crippen molar-refractivity contribution in [2.45, 2.75) is 69.5 Å². The highest BCUT2D eigenvalue weighted by Gasteiger charge is 2.25. The maximum Gasteiger partial charge on any atom is 0.191 e. The van der Waals surface area contributed by atoms with Gasteiger partial charge in [-0.15, -0.1) is 0 Å². The molecule has 1 saturated heterocycles. The van der Waals surface area contributed by atoms with E-state index in [-0.39, 0.29) is 6.10 Å². The van der Waals surface area contributed by atoms with E-state index in [0.29, 0.717) is 6.04 Å². The Balaban J connectivity index is 1.41. The summed E-state index contributed by atoms with van der Waals surface area (Å²) in [6, 6.07) is 9.40. The third kappa shape index (κ3) is 6.68. The Labute approximate surface area is 174 Å². The molecule has 0 bridgehead atoms. The van der Waals surface area contributed by atoms with Crippen LogP contribution in [0.2, 0.25) is 0 Å². The van der Waals surface area contributed by atoms with E-state index in [0.717, 1.165) is 50.2 Å². The van der Waals surface area contributed by atoms with Crippen LogP contribution in [0.15, 0.2) is 29.3 Å². The van der Waals surface area contributed by atoms with Gasteiger partial charge < -0.3 is 15.7 Å². The number of aliphatic hydroxyl groups excluding tert-OH is 1. The Bertz CT molecular complexity index is 613. The van der Waals surface area contributed by atoms with Gasteiger partial charge in [0, 0.05) is 44.5 Å². The Morgan fingerprint density at radius 3 is 2.54 bits per heavy atom. The Hall–Kier alpha value is -1.24. The highest BCUT2D eigenvalue weighted by atomic mass is 32.2. The second-order valence-corrected chi connectivity index (χ2v) is 9.56. The molecule has 0 amide bonds. The highest BCUT2D eigenvalue weighted by Crippen LogP contribution is 2.29. The second kappa shape index (κ2) is 11.1. The molecule has 2 atom stereocenters. The lowest BCUT2D eigenvalue weighted by atomic mass is 10.1.